The first kappa shape index (κ1) is 16.1. The summed E-state index contributed by atoms with van der Waals surface area (Å²) in [5, 5.41) is 0. The number of ether oxygens (including phenoxy) is 1. The Bertz CT molecular complexity index is 651. The first-order valence-electron chi connectivity index (χ1n) is 7.53. The standard InChI is InChI=1S/C18H21NO3/c1-5-22-18(21)16-12(4)19-15(17(16)20)10-13-6-8-14(9-7-13)11(2)3/h6-9,11H,5,10H2,1-4H3. The van der Waals surface area contributed by atoms with Crippen LogP contribution in [0.5, 0.6) is 0 Å². The maximum atomic E-state index is 12.3. The zero-order valence-corrected chi connectivity index (χ0v) is 13.5. The van der Waals surface area contributed by atoms with Crippen molar-refractivity contribution in [2.75, 3.05) is 6.61 Å². The molecule has 1 aliphatic rings. The van der Waals surface area contributed by atoms with Crippen LogP contribution in [0.3, 0.4) is 0 Å². The molecule has 4 heteroatoms. The molecule has 0 saturated heterocycles. The van der Waals surface area contributed by atoms with Crippen LogP contribution in [0.2, 0.25) is 0 Å². The summed E-state index contributed by atoms with van der Waals surface area (Å²) in [4.78, 5) is 28.4. The maximum Gasteiger partial charge on any atom is 0.344 e. The summed E-state index contributed by atoms with van der Waals surface area (Å²) in [6.07, 6.45) is 0.428. The molecule has 0 aliphatic carbocycles. The largest absolute Gasteiger partial charge is 0.462 e. The van der Waals surface area contributed by atoms with Crippen molar-refractivity contribution < 1.29 is 14.3 Å². The third-order valence-electron chi connectivity index (χ3n) is 3.65. The molecular formula is C18H21NO3. The molecule has 0 aromatic heterocycles. The Hall–Kier alpha value is -2.23. The van der Waals surface area contributed by atoms with Gasteiger partial charge in [-0.25, -0.2) is 4.79 Å². The van der Waals surface area contributed by atoms with Crippen LogP contribution in [0.1, 0.15) is 44.7 Å². The summed E-state index contributed by atoms with van der Waals surface area (Å²) < 4.78 is 4.92. The predicted octanol–water partition coefficient (Wildman–Crippen LogP) is 3.21. The number of carbonyl (C=O) groups excluding carboxylic acids is 2. The highest BCUT2D eigenvalue weighted by molar-refractivity contribution is 6.53. The summed E-state index contributed by atoms with van der Waals surface area (Å²) in [5.41, 5.74) is 3.17. The second-order valence-electron chi connectivity index (χ2n) is 5.64. The van der Waals surface area contributed by atoms with E-state index in [0.29, 0.717) is 23.7 Å². The Balaban J connectivity index is 2.11. The van der Waals surface area contributed by atoms with Crippen LogP contribution in [0, 0.1) is 0 Å². The quantitative estimate of drug-likeness (QED) is 0.619. The monoisotopic (exact) mass is 299 g/mol. The van der Waals surface area contributed by atoms with Gasteiger partial charge in [0.15, 0.2) is 0 Å². The summed E-state index contributed by atoms with van der Waals surface area (Å²) in [7, 11) is 0. The molecule has 0 atom stereocenters. The minimum atomic E-state index is -0.584. The van der Waals surface area contributed by atoms with Crippen molar-refractivity contribution in [1.29, 1.82) is 0 Å². The molecule has 0 spiro atoms. The highest BCUT2D eigenvalue weighted by atomic mass is 16.5. The fraction of sp³-hybridized carbons (Fsp3) is 0.389. The maximum absolute atomic E-state index is 12.3. The van der Waals surface area contributed by atoms with E-state index in [9.17, 15) is 9.59 Å². The van der Waals surface area contributed by atoms with Gasteiger partial charge in [-0.15, -0.1) is 0 Å². The molecule has 116 valence electrons. The third-order valence-corrected chi connectivity index (χ3v) is 3.65. The van der Waals surface area contributed by atoms with Gasteiger partial charge >= 0.3 is 5.97 Å². The van der Waals surface area contributed by atoms with Gasteiger partial charge in [0.25, 0.3) is 0 Å². The fourth-order valence-corrected chi connectivity index (χ4v) is 2.39. The van der Waals surface area contributed by atoms with Crippen LogP contribution >= 0.6 is 0 Å². The average Bonchev–Trinajstić information content (AvgIpc) is 2.74. The highest BCUT2D eigenvalue weighted by Crippen LogP contribution is 2.21. The van der Waals surface area contributed by atoms with E-state index in [4.69, 9.17) is 4.74 Å². The molecule has 4 nitrogen and oxygen atoms in total. The van der Waals surface area contributed by atoms with Crippen molar-refractivity contribution in [3.63, 3.8) is 0 Å². The lowest BCUT2D eigenvalue weighted by Crippen LogP contribution is -2.21. The number of Topliss-reactive ketones (excluding diaryl/α,β-unsaturated/α-hetero) is 1. The van der Waals surface area contributed by atoms with Crippen molar-refractivity contribution in [1.82, 2.24) is 0 Å². The van der Waals surface area contributed by atoms with Gasteiger partial charge in [0.1, 0.15) is 5.57 Å². The van der Waals surface area contributed by atoms with Crippen molar-refractivity contribution in [2.45, 2.75) is 40.0 Å². The SMILES string of the molecule is CCOC(=O)C1=C(C)N=C(Cc2ccc(C(C)C)cc2)C1=O. The average molecular weight is 299 g/mol. The minimum Gasteiger partial charge on any atom is -0.462 e. The van der Waals surface area contributed by atoms with E-state index in [0.717, 1.165) is 5.56 Å². The molecule has 1 aromatic rings. The van der Waals surface area contributed by atoms with Gasteiger partial charge < -0.3 is 4.74 Å². The Morgan fingerprint density at radius 1 is 1.23 bits per heavy atom. The second kappa shape index (κ2) is 6.69. The Labute approximate surface area is 130 Å². The van der Waals surface area contributed by atoms with E-state index < -0.39 is 5.97 Å². The highest BCUT2D eigenvalue weighted by Gasteiger charge is 2.31. The predicted molar refractivity (Wildman–Crippen MR) is 86.0 cm³/mol. The summed E-state index contributed by atoms with van der Waals surface area (Å²) in [6, 6.07) is 8.13. The van der Waals surface area contributed by atoms with Gasteiger partial charge in [-0.05, 0) is 30.9 Å². The van der Waals surface area contributed by atoms with Crippen LogP contribution in [0.4, 0.5) is 0 Å². The number of ketones is 1. The molecule has 2 rings (SSSR count). The van der Waals surface area contributed by atoms with E-state index >= 15 is 0 Å². The number of carbonyl (C=O) groups is 2. The normalized spacial score (nSPS) is 14.6. The smallest absolute Gasteiger partial charge is 0.344 e. The molecule has 0 amide bonds. The minimum absolute atomic E-state index is 0.0654. The lowest BCUT2D eigenvalue weighted by atomic mass is 9.98. The molecule has 0 saturated carbocycles. The summed E-state index contributed by atoms with van der Waals surface area (Å²) >= 11 is 0. The fourth-order valence-electron chi connectivity index (χ4n) is 2.39. The van der Waals surface area contributed by atoms with Gasteiger partial charge in [0, 0.05) is 6.42 Å². The van der Waals surface area contributed by atoms with Crippen molar-refractivity contribution >= 4 is 17.5 Å². The number of rotatable bonds is 5. The van der Waals surface area contributed by atoms with Crippen LogP contribution in [-0.4, -0.2) is 24.1 Å². The third kappa shape index (κ3) is 3.32. The lowest BCUT2D eigenvalue weighted by Gasteiger charge is -2.07. The molecule has 1 aliphatic heterocycles. The van der Waals surface area contributed by atoms with E-state index in [2.05, 4.69) is 31.0 Å². The van der Waals surface area contributed by atoms with E-state index in [1.165, 1.54) is 5.56 Å². The number of esters is 1. The lowest BCUT2D eigenvalue weighted by molar-refractivity contribution is -0.139. The van der Waals surface area contributed by atoms with E-state index in [1.807, 2.05) is 12.1 Å². The van der Waals surface area contributed by atoms with E-state index in [-0.39, 0.29) is 18.0 Å². The Morgan fingerprint density at radius 2 is 1.86 bits per heavy atom. The van der Waals surface area contributed by atoms with Gasteiger partial charge in [0.2, 0.25) is 5.78 Å². The molecule has 0 radical (unpaired) electrons. The van der Waals surface area contributed by atoms with Gasteiger partial charge in [-0.1, -0.05) is 38.1 Å². The van der Waals surface area contributed by atoms with Crippen LogP contribution < -0.4 is 0 Å². The zero-order valence-electron chi connectivity index (χ0n) is 13.5. The zero-order chi connectivity index (χ0) is 16.3. The number of hydrogen-bond acceptors (Lipinski definition) is 4. The van der Waals surface area contributed by atoms with Gasteiger partial charge in [0.05, 0.1) is 18.0 Å². The van der Waals surface area contributed by atoms with Crippen molar-refractivity contribution in [3.05, 3.63) is 46.7 Å². The van der Waals surface area contributed by atoms with Gasteiger partial charge in [-0.2, -0.15) is 0 Å². The molecule has 0 unspecified atom stereocenters. The Kier molecular flexibility index (Phi) is 4.91. The van der Waals surface area contributed by atoms with Gasteiger partial charge in [-0.3, -0.25) is 9.79 Å². The number of hydrogen-bond donors (Lipinski definition) is 0. The number of aliphatic imine (C=N–C) groups is 1. The number of allylic oxidation sites excluding steroid dienone is 1. The molecule has 22 heavy (non-hydrogen) atoms. The molecule has 0 fully saturated rings. The van der Waals surface area contributed by atoms with Crippen LogP contribution in [0.15, 0.2) is 40.5 Å². The molecular weight excluding hydrogens is 278 g/mol. The molecule has 1 heterocycles. The number of benzene rings is 1. The number of nitrogens with zero attached hydrogens (tertiary/aromatic N) is 1. The summed E-state index contributed by atoms with van der Waals surface area (Å²) in [6.45, 7) is 7.90. The van der Waals surface area contributed by atoms with Crippen LogP contribution in [-0.2, 0) is 20.7 Å². The van der Waals surface area contributed by atoms with Crippen molar-refractivity contribution in [2.24, 2.45) is 4.99 Å². The Morgan fingerprint density at radius 3 is 2.41 bits per heavy atom. The summed E-state index contributed by atoms with van der Waals surface area (Å²) in [5.74, 6) is -0.429. The first-order valence-corrected chi connectivity index (χ1v) is 7.53. The first-order chi connectivity index (χ1) is 10.4. The second-order valence-corrected chi connectivity index (χ2v) is 5.64. The topological polar surface area (TPSA) is 55.7 Å². The molecule has 0 N–H and O–H groups in total. The van der Waals surface area contributed by atoms with E-state index in [1.54, 1.807) is 13.8 Å². The van der Waals surface area contributed by atoms with Crippen molar-refractivity contribution in [3.8, 4) is 0 Å². The van der Waals surface area contributed by atoms with Crippen LogP contribution in [0.25, 0.3) is 0 Å². The molecule has 1 aromatic carbocycles. The molecule has 0 bridgehead atoms.